The molecule has 9 heteroatoms. The topological polar surface area (TPSA) is 132 Å². The molecule has 2 rings (SSSR count). The van der Waals surface area contributed by atoms with Gasteiger partial charge in [0.05, 0.1) is 17.6 Å². The minimum atomic E-state index is -0.793. The first-order chi connectivity index (χ1) is 14.7. The maximum absolute atomic E-state index is 12.5. The van der Waals surface area contributed by atoms with Crippen LogP contribution >= 0.6 is 0 Å². The molecule has 0 bridgehead atoms. The largest absolute Gasteiger partial charge is 0.493 e. The number of nitrogens with one attached hydrogen (secondary N) is 1. The smallest absolute Gasteiger partial charge is 0.343 e. The van der Waals surface area contributed by atoms with Crippen molar-refractivity contribution in [2.24, 2.45) is 0 Å². The fourth-order valence-electron chi connectivity index (χ4n) is 2.61. The Labute approximate surface area is 179 Å². The number of rotatable bonds is 7. The molecule has 0 saturated carbocycles. The lowest BCUT2D eigenvalue weighted by Crippen LogP contribution is -2.30. The van der Waals surface area contributed by atoms with E-state index in [9.17, 15) is 25.0 Å². The van der Waals surface area contributed by atoms with E-state index in [2.05, 4.69) is 5.32 Å². The summed E-state index contributed by atoms with van der Waals surface area (Å²) in [6, 6.07) is 10.3. The number of nitrogens with zero attached hydrogens (tertiary/aromatic N) is 2. The van der Waals surface area contributed by atoms with E-state index in [1.807, 2.05) is 6.07 Å². The molecule has 0 saturated heterocycles. The van der Waals surface area contributed by atoms with Gasteiger partial charge < -0.3 is 14.8 Å². The molecule has 0 aliphatic heterocycles. The molecular weight excluding hydrogens is 402 g/mol. The van der Waals surface area contributed by atoms with Crippen molar-refractivity contribution in [3.63, 3.8) is 0 Å². The highest BCUT2D eigenvalue weighted by atomic mass is 16.6. The van der Waals surface area contributed by atoms with Crippen molar-refractivity contribution in [3.8, 4) is 17.6 Å². The van der Waals surface area contributed by atoms with Crippen LogP contribution < -0.4 is 14.8 Å². The number of ether oxygens (including phenoxy) is 2. The van der Waals surface area contributed by atoms with Crippen molar-refractivity contribution < 1.29 is 24.0 Å². The summed E-state index contributed by atoms with van der Waals surface area (Å²) in [5.74, 6) is -1.03. The Morgan fingerprint density at radius 3 is 2.48 bits per heavy atom. The van der Waals surface area contributed by atoms with Gasteiger partial charge in [-0.05, 0) is 50.6 Å². The standard InChI is InChI=1S/C22H21N3O6/c1-13(2)24-21(26)17(12-23)9-15-6-8-19(20(10-15)30-4)31-22(27)16-7-5-14(3)18(11-16)25(28)29/h5-11,13H,1-4H3,(H,24,26)/b17-9+. The summed E-state index contributed by atoms with van der Waals surface area (Å²) in [4.78, 5) is 35.0. The van der Waals surface area contributed by atoms with Crippen molar-refractivity contribution >= 4 is 23.6 Å². The third-order valence-corrected chi connectivity index (χ3v) is 4.13. The summed E-state index contributed by atoms with van der Waals surface area (Å²) in [5.41, 5.74) is 0.640. The van der Waals surface area contributed by atoms with Gasteiger partial charge in [-0.15, -0.1) is 0 Å². The first-order valence-electron chi connectivity index (χ1n) is 9.24. The van der Waals surface area contributed by atoms with Gasteiger partial charge >= 0.3 is 5.97 Å². The third kappa shape index (κ3) is 5.90. The van der Waals surface area contributed by atoms with E-state index in [0.717, 1.165) is 6.07 Å². The highest BCUT2D eigenvalue weighted by Crippen LogP contribution is 2.30. The number of methoxy groups -OCH3 is 1. The van der Waals surface area contributed by atoms with Gasteiger partial charge in [0.1, 0.15) is 11.6 Å². The van der Waals surface area contributed by atoms with Crippen molar-refractivity contribution in [2.75, 3.05) is 7.11 Å². The molecule has 0 aromatic heterocycles. The molecule has 2 aromatic carbocycles. The monoisotopic (exact) mass is 423 g/mol. The number of aryl methyl sites for hydroxylation is 1. The average molecular weight is 423 g/mol. The summed E-state index contributed by atoms with van der Waals surface area (Å²) in [7, 11) is 1.37. The van der Waals surface area contributed by atoms with Gasteiger partial charge in [0.25, 0.3) is 11.6 Å². The molecule has 0 atom stereocenters. The number of carbonyl (C=O) groups excluding carboxylic acids is 2. The molecule has 9 nitrogen and oxygen atoms in total. The molecule has 2 aromatic rings. The summed E-state index contributed by atoms with van der Waals surface area (Å²) in [5, 5.41) is 23.0. The van der Waals surface area contributed by atoms with Crippen molar-refractivity contribution in [3.05, 3.63) is 68.8 Å². The number of hydrogen-bond acceptors (Lipinski definition) is 7. The average Bonchev–Trinajstić information content (AvgIpc) is 2.72. The second kappa shape index (κ2) is 10.0. The quantitative estimate of drug-likeness (QED) is 0.180. The Morgan fingerprint density at radius 1 is 1.19 bits per heavy atom. The molecule has 0 aliphatic carbocycles. The number of nitro groups is 1. The summed E-state index contributed by atoms with van der Waals surface area (Å²) in [6.07, 6.45) is 1.38. The maximum atomic E-state index is 12.5. The third-order valence-electron chi connectivity index (χ3n) is 4.13. The zero-order valence-corrected chi connectivity index (χ0v) is 17.5. The molecule has 0 fully saturated rings. The van der Waals surface area contributed by atoms with Crippen LogP contribution in [0.4, 0.5) is 5.69 Å². The van der Waals surface area contributed by atoms with Crippen LogP contribution in [-0.4, -0.2) is 30.0 Å². The van der Waals surface area contributed by atoms with Crippen LogP contribution in [0.3, 0.4) is 0 Å². The van der Waals surface area contributed by atoms with Gasteiger partial charge in [-0.25, -0.2) is 4.79 Å². The van der Waals surface area contributed by atoms with E-state index in [1.165, 1.54) is 37.5 Å². The van der Waals surface area contributed by atoms with Gasteiger partial charge in [-0.1, -0.05) is 12.1 Å². The van der Waals surface area contributed by atoms with Crippen LogP contribution in [0.2, 0.25) is 0 Å². The zero-order chi connectivity index (χ0) is 23.1. The Bertz CT molecular complexity index is 1100. The van der Waals surface area contributed by atoms with Gasteiger partial charge in [0, 0.05) is 17.7 Å². The lowest BCUT2D eigenvalue weighted by molar-refractivity contribution is -0.385. The predicted octanol–water partition coefficient (Wildman–Crippen LogP) is 3.56. The SMILES string of the molecule is COc1cc(/C=C(\C#N)C(=O)NC(C)C)ccc1OC(=O)c1ccc(C)c([N+](=O)[O-])c1. The van der Waals surface area contributed by atoms with Crippen LogP contribution in [0.25, 0.3) is 6.08 Å². The maximum Gasteiger partial charge on any atom is 0.343 e. The van der Waals surface area contributed by atoms with Crippen LogP contribution in [0.1, 0.15) is 35.3 Å². The van der Waals surface area contributed by atoms with E-state index < -0.39 is 16.8 Å². The van der Waals surface area contributed by atoms with E-state index in [-0.39, 0.29) is 34.4 Å². The number of amides is 1. The molecule has 0 aliphatic rings. The highest BCUT2D eigenvalue weighted by Gasteiger charge is 2.18. The number of esters is 1. The fourth-order valence-corrected chi connectivity index (χ4v) is 2.61. The molecule has 160 valence electrons. The number of benzene rings is 2. The van der Waals surface area contributed by atoms with E-state index >= 15 is 0 Å². The first-order valence-corrected chi connectivity index (χ1v) is 9.24. The summed E-state index contributed by atoms with van der Waals surface area (Å²) < 4.78 is 10.6. The Kier molecular flexibility index (Phi) is 7.47. The van der Waals surface area contributed by atoms with Crippen LogP contribution in [0, 0.1) is 28.4 Å². The van der Waals surface area contributed by atoms with E-state index in [0.29, 0.717) is 11.1 Å². The van der Waals surface area contributed by atoms with E-state index in [1.54, 1.807) is 26.8 Å². The molecule has 0 spiro atoms. The summed E-state index contributed by atoms with van der Waals surface area (Å²) >= 11 is 0. The number of carbonyl (C=O) groups is 2. The molecule has 0 unspecified atom stereocenters. The van der Waals surface area contributed by atoms with Crippen molar-refractivity contribution in [2.45, 2.75) is 26.8 Å². The van der Waals surface area contributed by atoms with Gasteiger partial charge in [-0.3, -0.25) is 14.9 Å². The second-order valence-corrected chi connectivity index (χ2v) is 6.86. The van der Waals surface area contributed by atoms with Gasteiger partial charge in [-0.2, -0.15) is 5.26 Å². The van der Waals surface area contributed by atoms with E-state index in [4.69, 9.17) is 9.47 Å². The van der Waals surface area contributed by atoms with Gasteiger partial charge in [0.2, 0.25) is 0 Å². The van der Waals surface area contributed by atoms with Crippen molar-refractivity contribution in [1.82, 2.24) is 5.32 Å². The summed E-state index contributed by atoms with van der Waals surface area (Å²) in [6.45, 7) is 5.13. The lowest BCUT2D eigenvalue weighted by Gasteiger charge is -2.11. The minimum absolute atomic E-state index is 0.0143. The van der Waals surface area contributed by atoms with Gasteiger partial charge in [0.15, 0.2) is 11.5 Å². The highest BCUT2D eigenvalue weighted by molar-refractivity contribution is 6.01. The van der Waals surface area contributed by atoms with Crippen molar-refractivity contribution in [1.29, 1.82) is 5.26 Å². The van der Waals surface area contributed by atoms with Crippen LogP contribution in [-0.2, 0) is 4.79 Å². The number of nitro benzene ring substituents is 1. The molecule has 0 heterocycles. The first kappa shape index (κ1) is 23.1. The molecule has 31 heavy (non-hydrogen) atoms. The lowest BCUT2D eigenvalue weighted by atomic mass is 10.1. The van der Waals surface area contributed by atoms with Crippen LogP contribution in [0.15, 0.2) is 42.0 Å². The molecular formula is C22H21N3O6. The Hall–Kier alpha value is -4.19. The zero-order valence-electron chi connectivity index (χ0n) is 17.5. The Morgan fingerprint density at radius 2 is 1.90 bits per heavy atom. The molecule has 1 N–H and O–H groups in total. The molecule has 1 amide bonds. The second-order valence-electron chi connectivity index (χ2n) is 6.86. The predicted molar refractivity (Wildman–Crippen MR) is 113 cm³/mol. The number of hydrogen-bond donors (Lipinski definition) is 1. The molecule has 0 radical (unpaired) electrons. The fraction of sp³-hybridized carbons (Fsp3) is 0.227. The Balaban J connectivity index is 2.30. The normalized spacial score (nSPS) is 10.9. The number of nitriles is 1. The minimum Gasteiger partial charge on any atom is -0.493 e. The van der Waals surface area contributed by atoms with Crippen LogP contribution in [0.5, 0.6) is 11.5 Å².